The molecule has 0 saturated heterocycles. The van der Waals surface area contributed by atoms with E-state index in [2.05, 4.69) is 146 Å². The summed E-state index contributed by atoms with van der Waals surface area (Å²) in [6.07, 6.45) is 0. The first kappa shape index (κ1) is 22.4. The van der Waals surface area contributed by atoms with Crippen molar-refractivity contribution in [3.05, 3.63) is 146 Å². The van der Waals surface area contributed by atoms with E-state index in [1.54, 1.807) is 0 Å². The van der Waals surface area contributed by atoms with Crippen molar-refractivity contribution in [3.8, 4) is 33.4 Å². The Labute approximate surface area is 237 Å². The van der Waals surface area contributed by atoms with Crippen LogP contribution in [0.1, 0.15) is 0 Å². The Morgan fingerprint density at radius 3 is 1.71 bits per heavy atom. The average Bonchev–Trinajstić information content (AvgIpc) is 3.43. The summed E-state index contributed by atoms with van der Waals surface area (Å²) >= 11 is 0. The van der Waals surface area contributed by atoms with Gasteiger partial charge in [0, 0.05) is 10.8 Å². The van der Waals surface area contributed by atoms with E-state index in [0.29, 0.717) is 0 Å². The highest BCUT2D eigenvalue weighted by molar-refractivity contribution is 6.28. The summed E-state index contributed by atoms with van der Waals surface area (Å²) in [5.41, 5.74) is 9.36. The molecule has 1 heteroatoms. The number of benzene rings is 8. The summed E-state index contributed by atoms with van der Waals surface area (Å²) in [5.74, 6) is 0. The van der Waals surface area contributed by atoms with Gasteiger partial charge >= 0.3 is 0 Å². The molecule has 1 nitrogen and oxygen atoms in total. The van der Waals surface area contributed by atoms with Crippen LogP contribution >= 0.6 is 0 Å². The number of rotatable bonds is 3. The molecule has 0 spiro atoms. The van der Waals surface area contributed by atoms with Crippen molar-refractivity contribution < 1.29 is 4.42 Å². The van der Waals surface area contributed by atoms with Crippen molar-refractivity contribution in [2.75, 3.05) is 0 Å². The van der Waals surface area contributed by atoms with Crippen molar-refractivity contribution in [3.63, 3.8) is 0 Å². The van der Waals surface area contributed by atoms with Gasteiger partial charge in [-0.1, -0.05) is 121 Å². The summed E-state index contributed by atoms with van der Waals surface area (Å²) in [6.45, 7) is 0. The van der Waals surface area contributed by atoms with Crippen molar-refractivity contribution in [1.29, 1.82) is 0 Å². The van der Waals surface area contributed by atoms with Gasteiger partial charge in [-0.3, -0.25) is 0 Å². The van der Waals surface area contributed by atoms with Gasteiger partial charge in [0.25, 0.3) is 0 Å². The first-order chi connectivity index (χ1) is 20.3. The Balaban J connectivity index is 1.39. The third-order valence-electron chi connectivity index (χ3n) is 8.62. The number of hydrogen-bond acceptors (Lipinski definition) is 1. The van der Waals surface area contributed by atoms with Crippen LogP contribution in [0.25, 0.3) is 87.6 Å². The molecule has 41 heavy (non-hydrogen) atoms. The van der Waals surface area contributed by atoms with E-state index >= 15 is 0 Å². The highest BCUT2D eigenvalue weighted by Gasteiger charge is 2.21. The lowest BCUT2D eigenvalue weighted by Gasteiger charge is -2.19. The maximum absolute atomic E-state index is 6.30. The minimum Gasteiger partial charge on any atom is -0.456 e. The molecule has 8 aromatic carbocycles. The number of fused-ring (bicyclic) bond motifs is 2. The molecule has 0 fully saturated rings. The van der Waals surface area contributed by atoms with E-state index in [1.165, 1.54) is 76.5 Å². The molecule has 0 aliphatic carbocycles. The van der Waals surface area contributed by atoms with Crippen molar-refractivity contribution >= 4 is 54.3 Å². The summed E-state index contributed by atoms with van der Waals surface area (Å²) < 4.78 is 6.30. The molecule has 9 aromatic rings. The Kier molecular flexibility index (Phi) is 4.67. The highest BCUT2D eigenvalue weighted by Crippen LogP contribution is 2.47. The summed E-state index contributed by atoms with van der Waals surface area (Å²) in [6, 6.07) is 52.6. The van der Waals surface area contributed by atoms with Crippen LogP contribution in [-0.4, -0.2) is 0 Å². The molecule has 0 atom stereocenters. The van der Waals surface area contributed by atoms with Crippen LogP contribution in [0.15, 0.2) is 150 Å². The van der Waals surface area contributed by atoms with Gasteiger partial charge in [-0.25, -0.2) is 0 Å². The Hall–Kier alpha value is -5.40. The molecule has 190 valence electrons. The molecule has 0 radical (unpaired) electrons. The lowest BCUT2D eigenvalue weighted by molar-refractivity contribution is 0.669. The quantitative estimate of drug-likeness (QED) is 0.167. The van der Waals surface area contributed by atoms with E-state index in [0.717, 1.165) is 11.2 Å². The van der Waals surface area contributed by atoms with Gasteiger partial charge in [-0.2, -0.15) is 0 Å². The summed E-state index contributed by atoms with van der Waals surface area (Å²) in [4.78, 5) is 0. The smallest absolute Gasteiger partial charge is 0.136 e. The fraction of sp³-hybridized carbons (Fsp3) is 0. The topological polar surface area (TPSA) is 13.1 Å². The lowest BCUT2D eigenvalue weighted by Crippen LogP contribution is -1.92. The molecule has 0 unspecified atom stereocenters. The minimum absolute atomic E-state index is 0.943. The Morgan fingerprint density at radius 1 is 0.341 bits per heavy atom. The second kappa shape index (κ2) is 8.55. The zero-order valence-electron chi connectivity index (χ0n) is 22.3. The maximum Gasteiger partial charge on any atom is 0.136 e. The molecule has 1 heterocycles. The van der Waals surface area contributed by atoms with Gasteiger partial charge in [-0.15, -0.1) is 0 Å². The van der Waals surface area contributed by atoms with Gasteiger partial charge in [-0.05, 0) is 90.0 Å². The second-order valence-electron chi connectivity index (χ2n) is 10.8. The van der Waals surface area contributed by atoms with Crippen LogP contribution in [0.5, 0.6) is 0 Å². The van der Waals surface area contributed by atoms with Crippen LogP contribution < -0.4 is 0 Å². The SMILES string of the molecule is c1ccc(-c2cccc(-c3c4ccccc4c(-c4ccc5oc6cccc7ccc4c5c76)c4ccccc34)c2)cc1. The monoisotopic (exact) mass is 520 g/mol. The van der Waals surface area contributed by atoms with Crippen molar-refractivity contribution in [2.45, 2.75) is 0 Å². The average molecular weight is 521 g/mol. The van der Waals surface area contributed by atoms with Gasteiger partial charge in [0.1, 0.15) is 11.2 Å². The number of furan rings is 1. The van der Waals surface area contributed by atoms with E-state index < -0.39 is 0 Å². The molecule has 9 rings (SSSR count). The fourth-order valence-electron chi connectivity index (χ4n) is 6.88. The van der Waals surface area contributed by atoms with E-state index in [9.17, 15) is 0 Å². The second-order valence-corrected chi connectivity index (χ2v) is 10.8. The van der Waals surface area contributed by atoms with Gasteiger partial charge in [0.2, 0.25) is 0 Å². The van der Waals surface area contributed by atoms with E-state index in [1.807, 2.05) is 0 Å². The summed E-state index contributed by atoms with van der Waals surface area (Å²) in [7, 11) is 0. The van der Waals surface area contributed by atoms with Crippen molar-refractivity contribution in [2.24, 2.45) is 0 Å². The Morgan fingerprint density at radius 2 is 0.951 bits per heavy atom. The highest BCUT2D eigenvalue weighted by atomic mass is 16.3. The lowest BCUT2D eigenvalue weighted by atomic mass is 9.84. The van der Waals surface area contributed by atoms with Gasteiger partial charge < -0.3 is 4.42 Å². The molecule has 0 saturated carbocycles. The predicted molar refractivity (Wildman–Crippen MR) is 174 cm³/mol. The van der Waals surface area contributed by atoms with Crippen molar-refractivity contribution in [1.82, 2.24) is 0 Å². The zero-order valence-corrected chi connectivity index (χ0v) is 22.3. The van der Waals surface area contributed by atoms with Crippen LogP contribution in [0.4, 0.5) is 0 Å². The molecule has 0 aliphatic rings. The molecule has 0 N–H and O–H groups in total. The van der Waals surface area contributed by atoms with Crippen LogP contribution in [0.3, 0.4) is 0 Å². The summed E-state index contributed by atoms with van der Waals surface area (Å²) in [5, 5.41) is 9.91. The molecule has 0 bridgehead atoms. The molecule has 0 amide bonds. The van der Waals surface area contributed by atoms with Gasteiger partial charge in [0.15, 0.2) is 0 Å². The molecule has 1 aromatic heterocycles. The van der Waals surface area contributed by atoms with Crippen LogP contribution in [0, 0.1) is 0 Å². The largest absolute Gasteiger partial charge is 0.456 e. The van der Waals surface area contributed by atoms with Crippen LogP contribution in [0.2, 0.25) is 0 Å². The first-order valence-corrected chi connectivity index (χ1v) is 14.1. The number of hydrogen-bond donors (Lipinski definition) is 0. The third-order valence-corrected chi connectivity index (χ3v) is 8.62. The van der Waals surface area contributed by atoms with E-state index in [-0.39, 0.29) is 0 Å². The molecule has 0 aliphatic heterocycles. The van der Waals surface area contributed by atoms with Gasteiger partial charge in [0.05, 0.1) is 0 Å². The normalized spacial score (nSPS) is 11.9. The standard InChI is InChI=1S/C40H24O/c1-2-10-25(11-3-1)27-13-8-14-28(24-27)37-29-15-4-6-17-31(29)39(32-18-7-5-16-30(32)37)33-22-23-36-40-34(33)21-20-26-12-9-19-35(41-36)38(26)40/h1-24H. The van der Waals surface area contributed by atoms with E-state index in [4.69, 9.17) is 4.42 Å². The maximum atomic E-state index is 6.30. The zero-order chi connectivity index (χ0) is 26.9. The third kappa shape index (κ3) is 3.24. The predicted octanol–water partition coefficient (Wildman–Crippen LogP) is 11.5. The van der Waals surface area contributed by atoms with Crippen LogP contribution in [-0.2, 0) is 0 Å². The first-order valence-electron chi connectivity index (χ1n) is 14.1. The Bertz CT molecular complexity index is 2350. The fourth-order valence-corrected chi connectivity index (χ4v) is 6.88. The molecular weight excluding hydrogens is 496 g/mol. The molecular formula is C40H24O. The minimum atomic E-state index is 0.943.